The normalized spacial score (nSPS) is 27.3. The smallest absolute Gasteiger partial charge is 0.134 e. The summed E-state index contributed by atoms with van der Waals surface area (Å²) < 4.78 is 0. The van der Waals surface area contributed by atoms with Crippen LogP contribution < -0.4 is 0 Å². The summed E-state index contributed by atoms with van der Waals surface area (Å²) in [5.41, 5.74) is 4.19. The van der Waals surface area contributed by atoms with E-state index in [0.29, 0.717) is 19.3 Å². The van der Waals surface area contributed by atoms with Crippen molar-refractivity contribution in [3.05, 3.63) is 59.7 Å². The van der Waals surface area contributed by atoms with Gasteiger partial charge in [-0.05, 0) is 35.6 Å². The van der Waals surface area contributed by atoms with E-state index in [1.165, 1.54) is 22.3 Å². The molecule has 0 N–H and O–H groups in total. The standard InChI is InChI=1S/C22H22O2/c1-3-21-13-16(24)14-22(21,12-15(2)23)20-11-7-5-9-18(20)17-8-4-6-10-19(17)21/h4-11H,3,12-14H2,1-2H3/t21-,22+/m1/s1. The van der Waals surface area contributed by atoms with Crippen LogP contribution in [0.1, 0.15) is 50.7 Å². The zero-order valence-corrected chi connectivity index (χ0v) is 14.3. The fourth-order valence-electron chi connectivity index (χ4n) is 5.46. The molecule has 2 aliphatic rings. The molecule has 1 fully saturated rings. The Balaban J connectivity index is 2.13. The third-order valence-electron chi connectivity index (χ3n) is 6.24. The predicted octanol–water partition coefficient (Wildman–Crippen LogP) is 4.59. The summed E-state index contributed by atoms with van der Waals surface area (Å²) in [6.45, 7) is 3.82. The first-order valence-corrected chi connectivity index (χ1v) is 8.74. The first-order valence-electron chi connectivity index (χ1n) is 8.74. The second-order valence-electron chi connectivity index (χ2n) is 7.38. The third-order valence-corrected chi connectivity index (χ3v) is 6.24. The van der Waals surface area contributed by atoms with Crippen LogP contribution in [-0.2, 0) is 20.4 Å². The first kappa shape index (κ1) is 15.3. The van der Waals surface area contributed by atoms with Crippen LogP contribution >= 0.6 is 0 Å². The minimum absolute atomic E-state index is 0.164. The van der Waals surface area contributed by atoms with Gasteiger partial charge in [0.15, 0.2) is 0 Å². The third kappa shape index (κ3) is 1.77. The fourth-order valence-corrected chi connectivity index (χ4v) is 5.46. The lowest BCUT2D eigenvalue weighted by Gasteiger charge is -2.50. The number of rotatable bonds is 3. The van der Waals surface area contributed by atoms with E-state index in [9.17, 15) is 9.59 Å². The maximum Gasteiger partial charge on any atom is 0.134 e. The number of fused-ring (bicyclic) bond motifs is 6. The molecule has 1 saturated carbocycles. The average Bonchev–Trinajstić information content (AvgIpc) is 2.88. The lowest BCUT2D eigenvalue weighted by atomic mass is 9.51. The molecule has 2 nitrogen and oxygen atoms in total. The summed E-state index contributed by atoms with van der Waals surface area (Å²) in [7, 11) is 0. The predicted molar refractivity (Wildman–Crippen MR) is 95.1 cm³/mol. The Morgan fingerprint density at radius 2 is 1.42 bits per heavy atom. The van der Waals surface area contributed by atoms with Gasteiger partial charge in [-0.1, -0.05) is 55.5 Å². The van der Waals surface area contributed by atoms with Crippen LogP contribution in [0.3, 0.4) is 0 Å². The van der Waals surface area contributed by atoms with Gasteiger partial charge in [-0.25, -0.2) is 0 Å². The van der Waals surface area contributed by atoms with Gasteiger partial charge in [0.05, 0.1) is 0 Å². The van der Waals surface area contributed by atoms with Crippen molar-refractivity contribution in [2.45, 2.75) is 50.4 Å². The van der Waals surface area contributed by atoms with Gasteiger partial charge in [0.2, 0.25) is 0 Å². The molecule has 122 valence electrons. The van der Waals surface area contributed by atoms with E-state index < -0.39 is 5.41 Å². The van der Waals surface area contributed by atoms with Crippen molar-refractivity contribution >= 4 is 11.6 Å². The van der Waals surface area contributed by atoms with E-state index in [1.54, 1.807) is 6.92 Å². The molecular formula is C22H22O2. The largest absolute Gasteiger partial charge is 0.300 e. The van der Waals surface area contributed by atoms with E-state index in [0.717, 1.165) is 6.42 Å². The van der Waals surface area contributed by atoms with Crippen LogP contribution in [0.5, 0.6) is 0 Å². The SMILES string of the molecule is CC[C@]12CC(=O)C[C@@]1(CC(C)=O)c1ccccc1-c1ccccc12. The lowest BCUT2D eigenvalue weighted by Crippen LogP contribution is -2.48. The van der Waals surface area contributed by atoms with Crippen LogP contribution in [0.15, 0.2) is 48.5 Å². The zero-order chi connectivity index (χ0) is 16.9. The topological polar surface area (TPSA) is 34.1 Å². The molecule has 0 saturated heterocycles. The minimum atomic E-state index is -0.393. The molecule has 0 radical (unpaired) electrons. The van der Waals surface area contributed by atoms with E-state index >= 15 is 0 Å². The monoisotopic (exact) mass is 318 g/mol. The van der Waals surface area contributed by atoms with E-state index in [4.69, 9.17) is 0 Å². The van der Waals surface area contributed by atoms with Crippen molar-refractivity contribution in [3.8, 4) is 11.1 Å². The molecule has 2 aliphatic carbocycles. The Labute approximate surface area is 142 Å². The molecule has 2 heteroatoms. The highest BCUT2D eigenvalue weighted by molar-refractivity contribution is 5.93. The van der Waals surface area contributed by atoms with Crippen molar-refractivity contribution < 1.29 is 9.59 Å². The zero-order valence-electron chi connectivity index (χ0n) is 14.3. The fraction of sp³-hybridized carbons (Fsp3) is 0.364. The van der Waals surface area contributed by atoms with Gasteiger partial charge in [0.25, 0.3) is 0 Å². The molecule has 2 aromatic rings. The Bertz CT molecular complexity index is 851. The number of hydrogen-bond acceptors (Lipinski definition) is 2. The second kappa shape index (κ2) is 5.14. The van der Waals surface area contributed by atoms with Crippen molar-refractivity contribution in [3.63, 3.8) is 0 Å². The Kier molecular flexibility index (Phi) is 3.28. The van der Waals surface area contributed by atoms with Crippen LogP contribution in [0.2, 0.25) is 0 Å². The van der Waals surface area contributed by atoms with Crippen LogP contribution in [-0.4, -0.2) is 11.6 Å². The summed E-state index contributed by atoms with van der Waals surface area (Å²) in [5.74, 6) is 0.446. The van der Waals surface area contributed by atoms with Gasteiger partial charge in [-0.15, -0.1) is 0 Å². The Hall–Kier alpha value is -2.22. The molecule has 0 aliphatic heterocycles. The van der Waals surface area contributed by atoms with Crippen molar-refractivity contribution in [1.82, 2.24) is 0 Å². The quantitative estimate of drug-likeness (QED) is 0.829. The summed E-state index contributed by atoms with van der Waals surface area (Å²) in [5, 5.41) is 0. The number of Topliss-reactive ketones (excluding diaryl/α,β-unsaturated/α-hetero) is 2. The maximum atomic E-state index is 12.7. The molecule has 2 atom stereocenters. The summed E-state index contributed by atoms with van der Waals surface area (Å²) >= 11 is 0. The molecule has 0 bridgehead atoms. The van der Waals surface area contributed by atoms with Gasteiger partial charge in [-0.2, -0.15) is 0 Å². The van der Waals surface area contributed by atoms with Crippen LogP contribution in [0.4, 0.5) is 0 Å². The van der Waals surface area contributed by atoms with Crippen molar-refractivity contribution in [2.24, 2.45) is 0 Å². The first-order chi connectivity index (χ1) is 11.5. The highest BCUT2D eigenvalue weighted by Gasteiger charge is 2.61. The second-order valence-corrected chi connectivity index (χ2v) is 7.38. The Morgan fingerprint density at radius 1 is 0.917 bits per heavy atom. The molecule has 4 rings (SSSR count). The van der Waals surface area contributed by atoms with Crippen molar-refractivity contribution in [1.29, 1.82) is 0 Å². The molecule has 0 spiro atoms. The molecular weight excluding hydrogens is 296 g/mol. The van der Waals surface area contributed by atoms with Gasteiger partial charge >= 0.3 is 0 Å². The molecule has 24 heavy (non-hydrogen) atoms. The van der Waals surface area contributed by atoms with Gasteiger partial charge in [0.1, 0.15) is 11.6 Å². The lowest BCUT2D eigenvalue weighted by molar-refractivity contribution is -0.119. The van der Waals surface area contributed by atoms with E-state index in [1.807, 2.05) is 12.1 Å². The van der Waals surface area contributed by atoms with E-state index in [2.05, 4.69) is 43.3 Å². The van der Waals surface area contributed by atoms with Crippen molar-refractivity contribution in [2.75, 3.05) is 0 Å². The van der Waals surface area contributed by atoms with Gasteiger partial charge in [-0.3, -0.25) is 9.59 Å². The highest BCUT2D eigenvalue weighted by Crippen LogP contribution is 2.63. The summed E-state index contributed by atoms with van der Waals surface area (Å²) in [6, 6.07) is 16.8. The molecule has 0 unspecified atom stereocenters. The van der Waals surface area contributed by atoms with Crippen LogP contribution in [0, 0.1) is 0 Å². The molecule has 0 heterocycles. The van der Waals surface area contributed by atoms with E-state index in [-0.39, 0.29) is 17.0 Å². The average molecular weight is 318 g/mol. The molecule has 0 amide bonds. The highest BCUT2D eigenvalue weighted by atomic mass is 16.1. The van der Waals surface area contributed by atoms with Gasteiger partial charge in [0, 0.05) is 30.1 Å². The Morgan fingerprint density at radius 3 is 1.96 bits per heavy atom. The summed E-state index contributed by atoms with van der Waals surface area (Å²) in [4.78, 5) is 24.9. The molecule has 2 aromatic carbocycles. The number of carbonyl (C=O) groups is 2. The molecule has 0 aromatic heterocycles. The van der Waals surface area contributed by atoms with Crippen LogP contribution in [0.25, 0.3) is 11.1 Å². The maximum absolute atomic E-state index is 12.7. The number of hydrogen-bond donors (Lipinski definition) is 0. The number of benzene rings is 2. The summed E-state index contributed by atoms with van der Waals surface area (Å²) in [6.07, 6.45) is 2.34. The van der Waals surface area contributed by atoms with Gasteiger partial charge < -0.3 is 0 Å². The number of carbonyl (C=O) groups excluding carboxylic acids is 2. The number of ketones is 2. The minimum Gasteiger partial charge on any atom is -0.300 e.